The van der Waals surface area contributed by atoms with Gasteiger partial charge in [-0.3, -0.25) is 0 Å². The van der Waals surface area contributed by atoms with Crippen LogP contribution in [-0.2, 0) is 11.3 Å². The Morgan fingerprint density at radius 2 is 1.96 bits per heavy atom. The van der Waals surface area contributed by atoms with E-state index in [1.807, 2.05) is 18.2 Å². The maximum Gasteiger partial charge on any atom is 0.355 e. The molecule has 1 N–H and O–H groups in total. The number of ether oxygens (including phenoxy) is 2. The van der Waals surface area contributed by atoms with Crippen LogP contribution in [0.15, 0.2) is 42.5 Å². The van der Waals surface area contributed by atoms with Gasteiger partial charge in [0.1, 0.15) is 18.1 Å². The molecule has 0 fully saturated rings. The van der Waals surface area contributed by atoms with Crippen LogP contribution in [0.5, 0.6) is 5.75 Å². The summed E-state index contributed by atoms with van der Waals surface area (Å²) >= 11 is 15.2. The second kappa shape index (κ2) is 8.13. The van der Waals surface area contributed by atoms with Crippen LogP contribution in [0.25, 0.3) is 10.9 Å². The molecule has 130 valence electrons. The molecule has 1 aromatic heterocycles. The SMILES string of the molecule is O=C(OCc1ccc(Cl)c(Cl)c1)c1cc2c(OCCBr)cccc2[nH]1. The molecule has 0 aliphatic heterocycles. The lowest BCUT2D eigenvalue weighted by Crippen LogP contribution is -2.05. The number of rotatable bonds is 6. The van der Waals surface area contributed by atoms with Crippen LogP contribution in [0.3, 0.4) is 0 Å². The van der Waals surface area contributed by atoms with Crippen molar-refractivity contribution < 1.29 is 14.3 Å². The average molecular weight is 443 g/mol. The van der Waals surface area contributed by atoms with Crippen molar-refractivity contribution in [3.8, 4) is 5.75 Å². The molecule has 1 heterocycles. The second-order valence-electron chi connectivity index (χ2n) is 5.26. The van der Waals surface area contributed by atoms with E-state index in [9.17, 15) is 4.79 Å². The third-order valence-electron chi connectivity index (χ3n) is 3.53. The number of carbonyl (C=O) groups is 1. The van der Waals surface area contributed by atoms with Crippen molar-refractivity contribution in [3.63, 3.8) is 0 Å². The van der Waals surface area contributed by atoms with E-state index in [0.29, 0.717) is 22.3 Å². The van der Waals surface area contributed by atoms with Gasteiger partial charge in [-0.2, -0.15) is 0 Å². The molecule has 0 unspecified atom stereocenters. The largest absolute Gasteiger partial charge is 0.492 e. The number of H-pyrrole nitrogens is 1. The smallest absolute Gasteiger partial charge is 0.355 e. The van der Waals surface area contributed by atoms with Crippen LogP contribution < -0.4 is 4.74 Å². The summed E-state index contributed by atoms with van der Waals surface area (Å²) in [6, 6.07) is 12.5. The Balaban J connectivity index is 1.74. The van der Waals surface area contributed by atoms with E-state index in [0.717, 1.165) is 27.5 Å². The van der Waals surface area contributed by atoms with E-state index in [4.69, 9.17) is 32.7 Å². The van der Waals surface area contributed by atoms with Gasteiger partial charge in [0, 0.05) is 16.2 Å². The summed E-state index contributed by atoms with van der Waals surface area (Å²) in [5.74, 6) is 0.269. The molecule has 7 heteroatoms. The highest BCUT2D eigenvalue weighted by molar-refractivity contribution is 9.09. The van der Waals surface area contributed by atoms with Crippen molar-refractivity contribution in [2.75, 3.05) is 11.9 Å². The maximum absolute atomic E-state index is 12.3. The van der Waals surface area contributed by atoms with Gasteiger partial charge < -0.3 is 14.5 Å². The van der Waals surface area contributed by atoms with Crippen LogP contribution >= 0.6 is 39.1 Å². The molecule has 0 amide bonds. The van der Waals surface area contributed by atoms with E-state index in [-0.39, 0.29) is 6.61 Å². The lowest BCUT2D eigenvalue weighted by atomic mass is 10.2. The fourth-order valence-electron chi connectivity index (χ4n) is 2.37. The van der Waals surface area contributed by atoms with Gasteiger partial charge in [0.2, 0.25) is 0 Å². The molecule has 0 saturated heterocycles. The minimum absolute atomic E-state index is 0.109. The van der Waals surface area contributed by atoms with Crippen molar-refractivity contribution in [3.05, 3.63) is 63.8 Å². The normalized spacial score (nSPS) is 10.8. The summed E-state index contributed by atoms with van der Waals surface area (Å²) in [6.07, 6.45) is 0. The third kappa shape index (κ3) is 4.29. The molecule has 2 aromatic carbocycles. The Labute approximate surface area is 163 Å². The highest BCUT2D eigenvalue weighted by Crippen LogP contribution is 2.27. The molecule has 0 radical (unpaired) electrons. The van der Waals surface area contributed by atoms with Crippen LogP contribution in [0, 0.1) is 0 Å². The predicted octanol–water partition coefficient (Wildman–Crippen LogP) is 5.61. The first-order valence-corrected chi connectivity index (χ1v) is 9.38. The Morgan fingerprint density at radius 1 is 1.12 bits per heavy atom. The van der Waals surface area contributed by atoms with Crippen molar-refractivity contribution in [2.45, 2.75) is 6.61 Å². The van der Waals surface area contributed by atoms with E-state index >= 15 is 0 Å². The van der Waals surface area contributed by atoms with Crippen molar-refractivity contribution in [1.82, 2.24) is 4.98 Å². The van der Waals surface area contributed by atoms with Crippen LogP contribution in [-0.4, -0.2) is 22.9 Å². The number of nitrogens with one attached hydrogen (secondary N) is 1. The predicted molar refractivity (Wildman–Crippen MR) is 103 cm³/mol. The van der Waals surface area contributed by atoms with Gasteiger partial charge in [-0.15, -0.1) is 0 Å². The summed E-state index contributed by atoms with van der Waals surface area (Å²) in [5.41, 5.74) is 1.94. The monoisotopic (exact) mass is 441 g/mol. The standard InChI is InChI=1S/C18H14BrCl2NO3/c19-6-7-24-17-3-1-2-15-12(17)9-16(22-15)18(23)25-10-11-4-5-13(20)14(21)8-11/h1-5,8-9,22H,6-7,10H2. The number of aromatic amines is 1. The molecule has 0 aliphatic rings. The number of alkyl halides is 1. The van der Waals surface area contributed by atoms with Gasteiger partial charge >= 0.3 is 5.97 Å². The van der Waals surface area contributed by atoms with Gasteiger partial charge in [0.15, 0.2) is 0 Å². The fraction of sp³-hybridized carbons (Fsp3) is 0.167. The number of fused-ring (bicyclic) bond motifs is 1. The van der Waals surface area contributed by atoms with Crippen LogP contribution in [0.2, 0.25) is 10.0 Å². The summed E-state index contributed by atoms with van der Waals surface area (Å²) in [6.45, 7) is 0.652. The molecule has 4 nitrogen and oxygen atoms in total. The first kappa shape index (κ1) is 18.1. The number of benzene rings is 2. The number of aromatic nitrogens is 1. The average Bonchev–Trinajstić information content (AvgIpc) is 3.05. The van der Waals surface area contributed by atoms with Gasteiger partial charge in [0.25, 0.3) is 0 Å². The lowest BCUT2D eigenvalue weighted by Gasteiger charge is -2.05. The summed E-state index contributed by atoms with van der Waals surface area (Å²) in [7, 11) is 0. The zero-order chi connectivity index (χ0) is 17.8. The molecule has 0 spiro atoms. The van der Waals surface area contributed by atoms with Crippen molar-refractivity contribution in [1.29, 1.82) is 0 Å². The summed E-state index contributed by atoms with van der Waals surface area (Å²) in [4.78, 5) is 15.4. The summed E-state index contributed by atoms with van der Waals surface area (Å²) < 4.78 is 11.0. The second-order valence-corrected chi connectivity index (χ2v) is 6.87. The minimum atomic E-state index is -0.450. The van der Waals surface area contributed by atoms with E-state index in [1.165, 1.54) is 0 Å². The first-order chi connectivity index (χ1) is 12.1. The molecule has 3 aromatic rings. The molecular formula is C18H14BrCl2NO3. The van der Waals surface area contributed by atoms with E-state index in [1.54, 1.807) is 24.3 Å². The number of esters is 1. The van der Waals surface area contributed by atoms with Crippen molar-refractivity contribution >= 4 is 56.0 Å². The van der Waals surface area contributed by atoms with Crippen LogP contribution in [0.1, 0.15) is 16.1 Å². The minimum Gasteiger partial charge on any atom is -0.492 e. The zero-order valence-corrected chi connectivity index (χ0v) is 16.1. The van der Waals surface area contributed by atoms with Crippen molar-refractivity contribution in [2.24, 2.45) is 0 Å². The Morgan fingerprint density at radius 3 is 2.72 bits per heavy atom. The maximum atomic E-state index is 12.3. The van der Waals surface area contributed by atoms with E-state index < -0.39 is 5.97 Å². The molecular weight excluding hydrogens is 429 g/mol. The number of carbonyl (C=O) groups excluding carboxylic acids is 1. The van der Waals surface area contributed by atoms with Crippen LogP contribution in [0.4, 0.5) is 0 Å². The topological polar surface area (TPSA) is 51.3 Å². The Kier molecular flexibility index (Phi) is 5.89. The molecule has 0 bridgehead atoms. The third-order valence-corrected chi connectivity index (χ3v) is 4.60. The fourth-order valence-corrected chi connectivity index (χ4v) is 2.85. The van der Waals surface area contributed by atoms with Gasteiger partial charge in [-0.25, -0.2) is 4.79 Å². The van der Waals surface area contributed by atoms with Gasteiger partial charge in [0.05, 0.1) is 16.7 Å². The Hall–Kier alpha value is -1.69. The van der Waals surface area contributed by atoms with Gasteiger partial charge in [-0.05, 0) is 35.9 Å². The summed E-state index contributed by atoms with van der Waals surface area (Å²) in [5, 5.41) is 2.45. The van der Waals surface area contributed by atoms with E-state index in [2.05, 4.69) is 20.9 Å². The highest BCUT2D eigenvalue weighted by atomic mass is 79.9. The number of hydrogen-bond donors (Lipinski definition) is 1. The first-order valence-electron chi connectivity index (χ1n) is 7.50. The highest BCUT2D eigenvalue weighted by Gasteiger charge is 2.14. The van der Waals surface area contributed by atoms with Gasteiger partial charge in [-0.1, -0.05) is 51.3 Å². The lowest BCUT2D eigenvalue weighted by molar-refractivity contribution is 0.0467. The molecule has 0 saturated carbocycles. The number of halogens is 3. The molecule has 0 atom stereocenters. The zero-order valence-electron chi connectivity index (χ0n) is 13.0. The Bertz CT molecular complexity index is 910. The molecule has 3 rings (SSSR count). The number of hydrogen-bond acceptors (Lipinski definition) is 3. The molecule has 0 aliphatic carbocycles. The quantitative estimate of drug-likeness (QED) is 0.399. The molecule has 25 heavy (non-hydrogen) atoms.